The number of nitrogens with one attached hydrogen (secondary N) is 1. The molecule has 98 valence electrons. The van der Waals surface area contributed by atoms with E-state index in [4.69, 9.17) is 5.73 Å². The van der Waals surface area contributed by atoms with Crippen LogP contribution >= 0.6 is 0 Å². The molecule has 0 unspecified atom stereocenters. The average molecular weight is 250 g/mol. The van der Waals surface area contributed by atoms with Crippen LogP contribution in [0.5, 0.6) is 0 Å². The van der Waals surface area contributed by atoms with Crippen LogP contribution in [0.25, 0.3) is 0 Å². The molecule has 18 heavy (non-hydrogen) atoms. The molecule has 0 fully saturated rings. The van der Waals surface area contributed by atoms with Gasteiger partial charge in [0.15, 0.2) is 0 Å². The first-order chi connectivity index (χ1) is 8.50. The first-order valence-corrected chi connectivity index (χ1v) is 5.57. The van der Waals surface area contributed by atoms with Crippen molar-refractivity contribution in [2.75, 3.05) is 12.3 Å². The molecule has 0 aliphatic rings. The van der Waals surface area contributed by atoms with E-state index in [0.717, 1.165) is 0 Å². The minimum absolute atomic E-state index is 0.0958. The molecule has 1 heterocycles. The lowest BCUT2D eigenvalue weighted by Crippen LogP contribution is -2.22. The fourth-order valence-corrected chi connectivity index (χ4v) is 0.962. The normalized spacial score (nSPS) is 8.44. The van der Waals surface area contributed by atoms with E-state index in [2.05, 4.69) is 22.1 Å². The molecule has 0 aromatic carbocycles. The fourth-order valence-electron chi connectivity index (χ4n) is 0.962. The van der Waals surface area contributed by atoms with Gasteiger partial charge in [-0.3, -0.25) is 4.79 Å². The average Bonchev–Trinajstić information content (AvgIpc) is 2.33. The summed E-state index contributed by atoms with van der Waals surface area (Å²) in [6.45, 7) is 5.64. The molecule has 0 saturated carbocycles. The van der Waals surface area contributed by atoms with Crippen molar-refractivity contribution in [2.45, 2.75) is 20.8 Å². The van der Waals surface area contributed by atoms with Crippen LogP contribution in [0.3, 0.4) is 0 Å². The number of amides is 1. The molecule has 1 amide bonds. The van der Waals surface area contributed by atoms with Crippen molar-refractivity contribution in [1.29, 1.82) is 0 Å². The van der Waals surface area contributed by atoms with Crippen molar-refractivity contribution < 1.29 is 4.79 Å². The van der Waals surface area contributed by atoms with Crippen LogP contribution in [0.15, 0.2) is 11.0 Å². The Balaban J connectivity index is 0.00000137. The lowest BCUT2D eigenvalue weighted by molar-refractivity contribution is -0.118. The topological polar surface area (TPSA) is 90.0 Å². The number of nitrogen functional groups attached to an aromatic ring is 1. The summed E-state index contributed by atoms with van der Waals surface area (Å²) in [5.41, 5.74) is 5.56. The van der Waals surface area contributed by atoms with Crippen LogP contribution in [0.4, 0.5) is 5.82 Å². The Morgan fingerprint density at radius 2 is 2.17 bits per heavy atom. The monoisotopic (exact) mass is 250 g/mol. The Morgan fingerprint density at radius 3 is 2.72 bits per heavy atom. The summed E-state index contributed by atoms with van der Waals surface area (Å²) < 4.78 is 1.29. The van der Waals surface area contributed by atoms with Crippen molar-refractivity contribution in [3.8, 4) is 11.8 Å². The van der Waals surface area contributed by atoms with E-state index in [9.17, 15) is 9.59 Å². The Hall–Kier alpha value is -2.29. The van der Waals surface area contributed by atoms with Crippen LogP contribution in [-0.2, 0) is 11.8 Å². The number of carbonyl (C=O) groups excluding carboxylic acids is 1. The maximum absolute atomic E-state index is 11.1. The highest BCUT2D eigenvalue weighted by atomic mass is 16.1. The number of carbonyl (C=O) groups is 1. The highest BCUT2D eigenvalue weighted by molar-refractivity contribution is 5.73. The molecule has 1 aromatic rings. The van der Waals surface area contributed by atoms with E-state index < -0.39 is 5.69 Å². The smallest absolute Gasteiger partial charge is 0.349 e. The molecule has 0 atom stereocenters. The van der Waals surface area contributed by atoms with Crippen molar-refractivity contribution in [2.24, 2.45) is 7.05 Å². The van der Waals surface area contributed by atoms with E-state index in [1.807, 2.05) is 13.8 Å². The van der Waals surface area contributed by atoms with Crippen molar-refractivity contribution in [1.82, 2.24) is 14.9 Å². The van der Waals surface area contributed by atoms with E-state index in [1.165, 1.54) is 17.7 Å². The van der Waals surface area contributed by atoms with Gasteiger partial charge in [-0.15, -0.1) is 0 Å². The molecule has 3 N–H and O–H groups in total. The maximum Gasteiger partial charge on any atom is 0.349 e. The second-order valence-corrected chi connectivity index (χ2v) is 3.14. The zero-order valence-electron chi connectivity index (χ0n) is 11.1. The number of nitrogens with two attached hydrogens (primary N) is 1. The molecule has 1 aromatic heterocycles. The number of nitrogens with zero attached hydrogens (tertiary/aromatic N) is 2. The summed E-state index contributed by atoms with van der Waals surface area (Å²) in [4.78, 5) is 25.2. The SMILES string of the molecule is CC.CC(=O)NCC#Cc1cn(C)c(=O)nc1N. The molecule has 0 bridgehead atoms. The molecule has 6 heteroatoms. The lowest BCUT2D eigenvalue weighted by Gasteiger charge is -1.99. The molecule has 6 nitrogen and oxygen atoms in total. The van der Waals surface area contributed by atoms with E-state index in [1.54, 1.807) is 7.05 Å². The predicted octanol–water partition coefficient (Wildman–Crippen LogP) is -0.124. The van der Waals surface area contributed by atoms with Gasteiger partial charge < -0.3 is 15.6 Å². The summed E-state index contributed by atoms with van der Waals surface area (Å²) >= 11 is 0. The second-order valence-electron chi connectivity index (χ2n) is 3.14. The van der Waals surface area contributed by atoms with Crippen LogP contribution in [0.2, 0.25) is 0 Å². The van der Waals surface area contributed by atoms with Gasteiger partial charge in [0.2, 0.25) is 5.91 Å². The van der Waals surface area contributed by atoms with Gasteiger partial charge in [0.05, 0.1) is 12.1 Å². The molecular formula is C12H18N4O2. The van der Waals surface area contributed by atoms with Crippen molar-refractivity contribution in [3.63, 3.8) is 0 Å². The van der Waals surface area contributed by atoms with E-state index >= 15 is 0 Å². The second kappa shape index (κ2) is 7.90. The van der Waals surface area contributed by atoms with Gasteiger partial charge in [0.25, 0.3) is 0 Å². The zero-order valence-corrected chi connectivity index (χ0v) is 11.1. The number of anilines is 1. The first-order valence-electron chi connectivity index (χ1n) is 5.57. The number of hydrogen-bond donors (Lipinski definition) is 2. The van der Waals surface area contributed by atoms with Gasteiger partial charge in [-0.2, -0.15) is 4.98 Å². The Labute approximate surface area is 106 Å². The number of aromatic nitrogens is 2. The number of hydrogen-bond acceptors (Lipinski definition) is 4. The Kier molecular flexibility index (Phi) is 6.89. The summed E-state index contributed by atoms with van der Waals surface area (Å²) in [7, 11) is 1.56. The van der Waals surface area contributed by atoms with Crippen molar-refractivity contribution >= 4 is 11.7 Å². The molecule has 1 rings (SSSR count). The number of aryl methyl sites for hydroxylation is 1. The third-order valence-corrected chi connectivity index (χ3v) is 1.77. The van der Waals surface area contributed by atoms with Crippen LogP contribution in [0.1, 0.15) is 26.3 Å². The Morgan fingerprint density at radius 1 is 1.56 bits per heavy atom. The predicted molar refractivity (Wildman–Crippen MR) is 70.8 cm³/mol. The van der Waals surface area contributed by atoms with Crippen LogP contribution in [0, 0.1) is 11.8 Å². The molecular weight excluding hydrogens is 232 g/mol. The van der Waals surface area contributed by atoms with Gasteiger partial charge in [-0.1, -0.05) is 25.7 Å². The molecule has 0 radical (unpaired) electrons. The summed E-state index contributed by atoms with van der Waals surface area (Å²) in [6.07, 6.45) is 1.51. The van der Waals surface area contributed by atoms with Gasteiger partial charge in [-0.05, 0) is 0 Å². The first kappa shape index (κ1) is 15.7. The highest BCUT2D eigenvalue weighted by Crippen LogP contribution is 2.00. The fraction of sp³-hybridized carbons (Fsp3) is 0.417. The number of rotatable bonds is 1. The summed E-state index contributed by atoms with van der Waals surface area (Å²) in [5, 5.41) is 2.52. The molecule has 0 aliphatic carbocycles. The third kappa shape index (κ3) is 5.16. The van der Waals surface area contributed by atoms with E-state index in [-0.39, 0.29) is 18.3 Å². The largest absolute Gasteiger partial charge is 0.382 e. The zero-order chi connectivity index (χ0) is 14.1. The van der Waals surface area contributed by atoms with Crippen LogP contribution in [-0.4, -0.2) is 22.0 Å². The quantitative estimate of drug-likeness (QED) is 0.680. The molecule has 0 spiro atoms. The summed E-state index contributed by atoms with van der Waals surface area (Å²) in [6, 6.07) is 0. The standard InChI is InChI=1S/C10H12N4O2.C2H6/c1-7(15)12-5-3-4-8-6-14(2)10(16)13-9(8)11;1-2/h6H,5H2,1-2H3,(H,12,15)(H2,11,13,16);1-2H3. The van der Waals surface area contributed by atoms with Gasteiger partial charge in [-0.25, -0.2) is 4.79 Å². The minimum Gasteiger partial charge on any atom is -0.382 e. The van der Waals surface area contributed by atoms with Gasteiger partial charge in [0, 0.05) is 20.2 Å². The van der Waals surface area contributed by atoms with Gasteiger partial charge in [0.1, 0.15) is 5.82 Å². The third-order valence-electron chi connectivity index (χ3n) is 1.77. The van der Waals surface area contributed by atoms with E-state index in [0.29, 0.717) is 5.56 Å². The van der Waals surface area contributed by atoms with Crippen molar-refractivity contribution in [3.05, 3.63) is 22.2 Å². The Bertz CT molecular complexity index is 523. The highest BCUT2D eigenvalue weighted by Gasteiger charge is 1.99. The summed E-state index contributed by atoms with van der Waals surface area (Å²) in [5.74, 6) is 5.37. The van der Waals surface area contributed by atoms with Crippen LogP contribution < -0.4 is 16.7 Å². The van der Waals surface area contributed by atoms with Gasteiger partial charge >= 0.3 is 5.69 Å². The minimum atomic E-state index is -0.426. The molecule has 0 saturated heterocycles. The molecule has 0 aliphatic heterocycles. The maximum atomic E-state index is 11.1. The lowest BCUT2D eigenvalue weighted by atomic mass is 10.3.